The fraction of sp³-hybridized carbons (Fsp3) is 0.417. The first-order valence-corrected chi connectivity index (χ1v) is 5.13. The quantitative estimate of drug-likeness (QED) is 0.456. The van der Waals surface area contributed by atoms with E-state index in [0.29, 0.717) is 0 Å². The van der Waals surface area contributed by atoms with Crippen LogP contribution in [0, 0.1) is 0 Å². The maximum atomic E-state index is 10.8. The van der Waals surface area contributed by atoms with Gasteiger partial charge in [0.05, 0.1) is 6.04 Å². The number of hydrogen-bond donors (Lipinski definition) is 0. The number of carbonyl (C=O) groups is 1. The van der Waals surface area contributed by atoms with E-state index in [1.165, 1.54) is 5.56 Å². The summed E-state index contributed by atoms with van der Waals surface area (Å²) < 4.78 is 0. The van der Waals surface area contributed by atoms with Gasteiger partial charge in [-0.25, -0.2) is 0 Å². The van der Waals surface area contributed by atoms with Crippen LogP contribution in [0.2, 0.25) is 0 Å². The van der Waals surface area contributed by atoms with Crippen LogP contribution >= 0.6 is 0 Å². The molecule has 1 fully saturated rings. The summed E-state index contributed by atoms with van der Waals surface area (Å²) in [5.41, 5.74) is 1.29. The van der Waals surface area contributed by atoms with Crippen LogP contribution in [0.25, 0.3) is 0 Å². The molecule has 0 amide bonds. The topological polar surface area (TPSA) is 20.3 Å². The normalized spacial score (nSPS) is 20.9. The van der Waals surface area contributed by atoms with Crippen molar-refractivity contribution >= 4 is 6.29 Å². The van der Waals surface area contributed by atoms with E-state index in [4.69, 9.17) is 0 Å². The van der Waals surface area contributed by atoms with Gasteiger partial charge >= 0.3 is 18.9 Å². The van der Waals surface area contributed by atoms with Gasteiger partial charge in [-0.15, -0.1) is 0 Å². The fourth-order valence-corrected chi connectivity index (χ4v) is 2.02. The predicted molar refractivity (Wildman–Crippen MR) is 57.1 cm³/mol. The van der Waals surface area contributed by atoms with E-state index < -0.39 is 0 Å². The molecule has 0 radical (unpaired) electrons. The molecule has 1 saturated heterocycles. The average Bonchev–Trinajstić information content (AvgIpc) is 2.67. The van der Waals surface area contributed by atoms with Gasteiger partial charge in [0.2, 0.25) is 0 Å². The summed E-state index contributed by atoms with van der Waals surface area (Å²) in [5.74, 6) is 0. The molecule has 1 aliphatic rings. The summed E-state index contributed by atoms with van der Waals surface area (Å²) in [5, 5.41) is 0. The molecular formula is C12H16LiNO. The average molecular weight is 197 g/mol. The number of rotatable bonds is 3. The van der Waals surface area contributed by atoms with Crippen molar-refractivity contribution in [2.24, 2.45) is 0 Å². The van der Waals surface area contributed by atoms with E-state index >= 15 is 0 Å². The van der Waals surface area contributed by atoms with Gasteiger partial charge in [0.15, 0.2) is 0 Å². The third-order valence-corrected chi connectivity index (χ3v) is 2.80. The summed E-state index contributed by atoms with van der Waals surface area (Å²) in [6.07, 6.45) is 3.25. The van der Waals surface area contributed by atoms with Gasteiger partial charge < -0.3 is 6.22 Å². The molecule has 15 heavy (non-hydrogen) atoms. The zero-order valence-electron chi connectivity index (χ0n) is 10.2. The molecule has 1 atom stereocenters. The molecule has 3 heteroatoms. The van der Waals surface area contributed by atoms with E-state index in [1.54, 1.807) is 0 Å². The number of aldehydes is 1. The van der Waals surface area contributed by atoms with E-state index in [0.717, 1.165) is 32.2 Å². The number of hydrogen-bond acceptors (Lipinski definition) is 2. The minimum absolute atomic E-state index is 0. The van der Waals surface area contributed by atoms with E-state index in [1.807, 2.05) is 18.2 Å². The Morgan fingerprint density at radius 1 is 1.40 bits per heavy atom. The van der Waals surface area contributed by atoms with Gasteiger partial charge in [-0.1, -0.05) is 30.3 Å². The van der Waals surface area contributed by atoms with E-state index in [2.05, 4.69) is 17.0 Å². The molecule has 1 aromatic carbocycles. The Morgan fingerprint density at radius 3 is 2.80 bits per heavy atom. The monoisotopic (exact) mass is 197 g/mol. The minimum Gasteiger partial charge on any atom is -1.00 e. The Kier molecular flexibility index (Phi) is 5.11. The Hall–Kier alpha value is -0.553. The summed E-state index contributed by atoms with van der Waals surface area (Å²) in [6.45, 7) is 1.96. The van der Waals surface area contributed by atoms with Gasteiger partial charge in [0, 0.05) is 6.54 Å². The molecule has 2 rings (SSSR count). The Morgan fingerprint density at radius 2 is 2.13 bits per heavy atom. The van der Waals surface area contributed by atoms with Crippen LogP contribution in [0.3, 0.4) is 0 Å². The van der Waals surface area contributed by atoms with Crippen LogP contribution in [0.5, 0.6) is 0 Å². The smallest absolute Gasteiger partial charge is 1.00 e. The van der Waals surface area contributed by atoms with Crippen molar-refractivity contribution in [2.45, 2.75) is 25.4 Å². The zero-order valence-corrected chi connectivity index (χ0v) is 9.23. The van der Waals surface area contributed by atoms with Crippen molar-refractivity contribution in [3.05, 3.63) is 35.9 Å². The second-order valence-electron chi connectivity index (χ2n) is 3.80. The zero-order chi connectivity index (χ0) is 9.80. The van der Waals surface area contributed by atoms with Crippen LogP contribution in [0.15, 0.2) is 30.3 Å². The predicted octanol–water partition coefficient (Wildman–Crippen LogP) is -1.03. The van der Waals surface area contributed by atoms with Crippen molar-refractivity contribution in [2.75, 3.05) is 6.54 Å². The van der Waals surface area contributed by atoms with E-state index in [9.17, 15) is 4.79 Å². The SMILES string of the molecule is O=C[C@@H]1CCCN1Cc1ccccc1.[H-].[Li+]. The molecule has 0 spiro atoms. The summed E-state index contributed by atoms with van der Waals surface area (Å²) >= 11 is 0. The molecule has 0 saturated carbocycles. The molecule has 2 nitrogen and oxygen atoms in total. The summed E-state index contributed by atoms with van der Waals surface area (Å²) in [4.78, 5) is 13.0. The maximum Gasteiger partial charge on any atom is 1.00 e. The van der Waals surface area contributed by atoms with E-state index in [-0.39, 0.29) is 26.3 Å². The Labute approximate surface area is 104 Å². The Balaban J connectivity index is 0.00000112. The molecule has 0 N–H and O–H groups in total. The molecular weight excluding hydrogens is 181 g/mol. The van der Waals surface area contributed by atoms with Gasteiger partial charge in [-0.05, 0) is 24.9 Å². The molecule has 1 aromatic rings. The molecule has 1 heterocycles. The second kappa shape index (κ2) is 6.12. The fourth-order valence-electron chi connectivity index (χ4n) is 2.02. The number of likely N-dealkylation sites (tertiary alicyclic amines) is 1. The Bertz CT molecular complexity index is 307. The molecule has 0 aliphatic carbocycles. The first-order valence-electron chi connectivity index (χ1n) is 5.13. The number of benzene rings is 1. The van der Waals surface area contributed by atoms with Crippen LogP contribution in [-0.4, -0.2) is 23.8 Å². The van der Waals surface area contributed by atoms with Crippen LogP contribution < -0.4 is 18.9 Å². The molecule has 1 aliphatic heterocycles. The molecule has 0 aromatic heterocycles. The molecule has 0 unspecified atom stereocenters. The van der Waals surface area contributed by atoms with Crippen LogP contribution in [0.4, 0.5) is 0 Å². The van der Waals surface area contributed by atoms with Crippen molar-refractivity contribution in [3.8, 4) is 0 Å². The number of carbonyl (C=O) groups excluding carboxylic acids is 1. The van der Waals surface area contributed by atoms with Crippen molar-refractivity contribution in [1.82, 2.24) is 4.90 Å². The minimum atomic E-state index is 0. The third-order valence-electron chi connectivity index (χ3n) is 2.80. The van der Waals surface area contributed by atoms with Crippen molar-refractivity contribution in [1.29, 1.82) is 0 Å². The first-order chi connectivity index (χ1) is 6.90. The first kappa shape index (κ1) is 12.5. The van der Waals surface area contributed by atoms with Gasteiger partial charge in [-0.3, -0.25) is 4.90 Å². The van der Waals surface area contributed by atoms with Gasteiger partial charge in [0.25, 0.3) is 0 Å². The number of nitrogens with zero attached hydrogens (tertiary/aromatic N) is 1. The van der Waals surface area contributed by atoms with Crippen molar-refractivity contribution in [3.63, 3.8) is 0 Å². The standard InChI is InChI=1S/C12H15NO.Li.H/c14-10-12-7-4-8-13(12)9-11-5-2-1-3-6-11;;/h1-3,5-6,10,12H,4,7-9H2;;/q;+1;-1/t12-;;/m0../s1. The molecule has 0 bridgehead atoms. The van der Waals surface area contributed by atoms with Gasteiger partial charge in [-0.2, -0.15) is 0 Å². The molecule has 76 valence electrons. The second-order valence-corrected chi connectivity index (χ2v) is 3.80. The summed E-state index contributed by atoms with van der Waals surface area (Å²) in [6, 6.07) is 10.5. The van der Waals surface area contributed by atoms with Crippen LogP contribution in [0.1, 0.15) is 19.8 Å². The van der Waals surface area contributed by atoms with Gasteiger partial charge in [0.1, 0.15) is 6.29 Å². The largest absolute Gasteiger partial charge is 1.00 e. The maximum absolute atomic E-state index is 10.8. The summed E-state index contributed by atoms with van der Waals surface area (Å²) in [7, 11) is 0. The van der Waals surface area contributed by atoms with Crippen molar-refractivity contribution < 1.29 is 25.1 Å². The van der Waals surface area contributed by atoms with Crippen LogP contribution in [-0.2, 0) is 11.3 Å². The third kappa shape index (κ3) is 3.21.